The van der Waals surface area contributed by atoms with E-state index >= 15 is 0 Å². The first-order chi connectivity index (χ1) is 14.0. The van der Waals surface area contributed by atoms with E-state index in [0.717, 1.165) is 10.4 Å². The van der Waals surface area contributed by atoms with Gasteiger partial charge in [0.25, 0.3) is 0 Å². The van der Waals surface area contributed by atoms with Gasteiger partial charge in [-0.25, -0.2) is 4.79 Å². The third kappa shape index (κ3) is 3.34. The molecule has 29 heavy (non-hydrogen) atoms. The summed E-state index contributed by atoms with van der Waals surface area (Å²) in [4.78, 5) is 25.6. The molecule has 1 aromatic heterocycles. The van der Waals surface area contributed by atoms with Crippen molar-refractivity contribution < 1.29 is 24.2 Å². The van der Waals surface area contributed by atoms with E-state index in [2.05, 4.69) is 5.32 Å². The van der Waals surface area contributed by atoms with Gasteiger partial charge in [-0.2, -0.15) is 0 Å². The van der Waals surface area contributed by atoms with Crippen molar-refractivity contribution in [3.05, 3.63) is 63.8 Å². The molecule has 0 saturated heterocycles. The standard InChI is InChI=1S/C22H19NO5S/c1-27-13-9-7-12(8-10-13)18-19-20(29-21(18)22(25)26)15(11-17(24)23-19)14-5-3-4-6-16(14)28-2/h3-10,15H,11H2,1-2H3,(H,23,24)(H,25,26)/t15-/m1/s1. The summed E-state index contributed by atoms with van der Waals surface area (Å²) in [5.74, 6) is -0.105. The van der Waals surface area contributed by atoms with E-state index in [1.54, 1.807) is 38.5 Å². The quantitative estimate of drug-likeness (QED) is 0.643. The molecule has 2 aromatic carbocycles. The Morgan fingerprint density at radius 1 is 1.10 bits per heavy atom. The van der Waals surface area contributed by atoms with Crippen molar-refractivity contribution in [3.63, 3.8) is 0 Å². The maximum atomic E-state index is 12.6. The van der Waals surface area contributed by atoms with Crippen LogP contribution in [-0.4, -0.2) is 31.2 Å². The molecule has 3 aromatic rings. The normalized spacial score (nSPS) is 15.4. The van der Waals surface area contributed by atoms with E-state index < -0.39 is 5.97 Å². The average Bonchev–Trinajstić information content (AvgIpc) is 3.12. The van der Waals surface area contributed by atoms with Crippen molar-refractivity contribution in [2.45, 2.75) is 12.3 Å². The predicted octanol–water partition coefficient (Wildman–Crippen LogP) is 4.60. The molecule has 1 atom stereocenters. The molecule has 1 aliphatic heterocycles. The first kappa shape index (κ1) is 19.0. The van der Waals surface area contributed by atoms with Gasteiger partial charge in [0.05, 0.1) is 19.9 Å². The molecule has 7 heteroatoms. The molecule has 0 radical (unpaired) electrons. The Morgan fingerprint density at radius 3 is 2.48 bits per heavy atom. The molecule has 1 amide bonds. The van der Waals surface area contributed by atoms with Crippen LogP contribution in [0, 0.1) is 0 Å². The van der Waals surface area contributed by atoms with Crippen LogP contribution in [-0.2, 0) is 4.79 Å². The maximum absolute atomic E-state index is 12.6. The third-order valence-electron chi connectivity index (χ3n) is 4.99. The molecule has 0 fully saturated rings. The highest BCUT2D eigenvalue weighted by molar-refractivity contribution is 7.15. The fourth-order valence-electron chi connectivity index (χ4n) is 3.68. The highest BCUT2D eigenvalue weighted by Gasteiger charge is 2.35. The number of anilines is 1. The first-order valence-electron chi connectivity index (χ1n) is 9.00. The summed E-state index contributed by atoms with van der Waals surface area (Å²) in [7, 11) is 3.16. The van der Waals surface area contributed by atoms with E-state index in [1.165, 1.54) is 11.3 Å². The summed E-state index contributed by atoms with van der Waals surface area (Å²) in [6.07, 6.45) is 0.231. The van der Waals surface area contributed by atoms with Gasteiger partial charge in [-0.05, 0) is 23.8 Å². The van der Waals surface area contributed by atoms with E-state index in [9.17, 15) is 14.7 Å². The van der Waals surface area contributed by atoms with E-state index in [1.807, 2.05) is 24.3 Å². The molecule has 6 nitrogen and oxygen atoms in total. The molecule has 1 aliphatic rings. The fourth-order valence-corrected chi connectivity index (χ4v) is 4.91. The van der Waals surface area contributed by atoms with Crippen molar-refractivity contribution in [2.24, 2.45) is 0 Å². The smallest absolute Gasteiger partial charge is 0.346 e. The van der Waals surface area contributed by atoms with Gasteiger partial charge < -0.3 is 19.9 Å². The number of carbonyl (C=O) groups is 2. The number of benzene rings is 2. The lowest BCUT2D eigenvalue weighted by atomic mass is 9.88. The minimum atomic E-state index is -1.02. The summed E-state index contributed by atoms with van der Waals surface area (Å²) >= 11 is 1.20. The number of thiophene rings is 1. The van der Waals surface area contributed by atoms with E-state index in [4.69, 9.17) is 9.47 Å². The van der Waals surface area contributed by atoms with Crippen molar-refractivity contribution in [1.29, 1.82) is 0 Å². The molecular weight excluding hydrogens is 390 g/mol. The minimum Gasteiger partial charge on any atom is -0.497 e. The Balaban J connectivity index is 1.92. The van der Waals surface area contributed by atoms with Crippen molar-refractivity contribution in [2.75, 3.05) is 19.5 Å². The van der Waals surface area contributed by atoms with Crippen LogP contribution in [0.3, 0.4) is 0 Å². The highest BCUT2D eigenvalue weighted by Crippen LogP contribution is 2.50. The number of ether oxygens (including phenoxy) is 2. The number of para-hydroxylation sites is 1. The second-order valence-electron chi connectivity index (χ2n) is 6.63. The van der Waals surface area contributed by atoms with Crippen LogP contribution < -0.4 is 14.8 Å². The maximum Gasteiger partial charge on any atom is 0.346 e. The van der Waals surface area contributed by atoms with Crippen LogP contribution in [0.15, 0.2) is 48.5 Å². The van der Waals surface area contributed by atoms with Gasteiger partial charge in [-0.3, -0.25) is 4.79 Å². The summed E-state index contributed by atoms with van der Waals surface area (Å²) in [6.45, 7) is 0. The van der Waals surface area contributed by atoms with E-state index in [0.29, 0.717) is 28.3 Å². The lowest BCUT2D eigenvalue weighted by molar-refractivity contribution is -0.116. The topological polar surface area (TPSA) is 84.9 Å². The Bertz CT molecular complexity index is 1090. The number of fused-ring (bicyclic) bond motifs is 1. The summed E-state index contributed by atoms with van der Waals surface area (Å²) in [5, 5.41) is 12.8. The second-order valence-corrected chi connectivity index (χ2v) is 7.68. The molecule has 0 aliphatic carbocycles. The van der Waals surface area contributed by atoms with Crippen LogP contribution in [0.25, 0.3) is 11.1 Å². The number of methoxy groups -OCH3 is 2. The van der Waals surface area contributed by atoms with Gasteiger partial charge in [0.15, 0.2) is 0 Å². The molecule has 148 valence electrons. The van der Waals surface area contributed by atoms with Crippen LogP contribution in [0.1, 0.15) is 32.5 Å². The minimum absolute atomic E-state index is 0.155. The van der Waals surface area contributed by atoms with Crippen molar-refractivity contribution in [1.82, 2.24) is 0 Å². The molecule has 0 unspecified atom stereocenters. The molecule has 0 spiro atoms. The van der Waals surface area contributed by atoms with E-state index in [-0.39, 0.29) is 23.1 Å². The zero-order valence-electron chi connectivity index (χ0n) is 15.9. The summed E-state index contributed by atoms with van der Waals surface area (Å²) in [6, 6.07) is 14.7. The number of nitrogens with one attached hydrogen (secondary N) is 1. The number of carboxylic acids is 1. The number of amides is 1. The Morgan fingerprint density at radius 2 is 1.83 bits per heavy atom. The van der Waals surface area contributed by atoms with Gasteiger partial charge in [0.2, 0.25) is 5.91 Å². The Labute approximate surface area is 171 Å². The number of hydrogen-bond acceptors (Lipinski definition) is 5. The Hall–Kier alpha value is -3.32. The van der Waals surface area contributed by atoms with Crippen molar-refractivity contribution in [3.8, 4) is 22.6 Å². The number of carbonyl (C=O) groups excluding carboxylic acids is 1. The predicted molar refractivity (Wildman–Crippen MR) is 111 cm³/mol. The average molecular weight is 409 g/mol. The first-order valence-corrected chi connectivity index (χ1v) is 9.82. The number of aromatic carboxylic acids is 1. The van der Waals surface area contributed by atoms with Crippen molar-refractivity contribution >= 4 is 28.9 Å². The van der Waals surface area contributed by atoms with Crippen LogP contribution in [0.5, 0.6) is 11.5 Å². The zero-order chi connectivity index (χ0) is 20.5. The third-order valence-corrected chi connectivity index (χ3v) is 6.28. The Kier molecular flexibility index (Phi) is 4.98. The molecule has 2 N–H and O–H groups in total. The fraction of sp³-hybridized carbons (Fsp3) is 0.182. The zero-order valence-corrected chi connectivity index (χ0v) is 16.7. The number of carboxylic acid groups (broad SMARTS) is 1. The molecule has 0 saturated carbocycles. The SMILES string of the molecule is COc1ccc(-c2c(C(=O)O)sc3c2NC(=O)C[C@@H]3c2ccccc2OC)cc1. The summed E-state index contributed by atoms with van der Waals surface area (Å²) in [5.41, 5.74) is 2.66. The second kappa shape index (κ2) is 7.60. The van der Waals surface area contributed by atoms with Crippen LogP contribution in [0.2, 0.25) is 0 Å². The largest absolute Gasteiger partial charge is 0.497 e. The molecule has 4 rings (SSSR count). The highest BCUT2D eigenvalue weighted by atomic mass is 32.1. The molecular formula is C22H19NO5S. The van der Waals surface area contributed by atoms with Gasteiger partial charge in [-0.15, -0.1) is 11.3 Å². The van der Waals surface area contributed by atoms with Gasteiger partial charge in [0.1, 0.15) is 16.4 Å². The van der Waals surface area contributed by atoms with Crippen LogP contribution in [0.4, 0.5) is 5.69 Å². The lowest BCUT2D eigenvalue weighted by Gasteiger charge is -2.25. The van der Waals surface area contributed by atoms with Gasteiger partial charge >= 0.3 is 5.97 Å². The van der Waals surface area contributed by atoms with Gasteiger partial charge in [0, 0.05) is 28.3 Å². The monoisotopic (exact) mass is 409 g/mol. The van der Waals surface area contributed by atoms with Gasteiger partial charge in [-0.1, -0.05) is 30.3 Å². The lowest BCUT2D eigenvalue weighted by Crippen LogP contribution is -2.22. The molecule has 0 bridgehead atoms. The van der Waals surface area contributed by atoms with Crippen LogP contribution >= 0.6 is 11.3 Å². The molecule has 2 heterocycles. The summed E-state index contributed by atoms with van der Waals surface area (Å²) < 4.78 is 10.7. The number of rotatable bonds is 5. The number of hydrogen-bond donors (Lipinski definition) is 2.